The largest absolute Gasteiger partial charge is 0.496 e. The number of methoxy groups -OCH3 is 1. The number of rotatable bonds is 2. The van der Waals surface area contributed by atoms with Crippen molar-refractivity contribution in [2.24, 2.45) is 5.92 Å². The lowest BCUT2D eigenvalue weighted by Gasteiger charge is -2.46. The molecule has 0 aliphatic carbocycles. The molecule has 1 unspecified atom stereocenters. The third-order valence-corrected chi connectivity index (χ3v) is 4.64. The second kappa shape index (κ2) is 5.17. The maximum Gasteiger partial charge on any atom is 0.126 e. The van der Waals surface area contributed by atoms with Crippen LogP contribution in [0.1, 0.15) is 18.4 Å². The van der Waals surface area contributed by atoms with Gasteiger partial charge in [-0.1, -0.05) is 15.9 Å². The second-order valence-electron chi connectivity index (χ2n) is 5.22. The Labute approximate surface area is 122 Å². The van der Waals surface area contributed by atoms with Crippen LogP contribution in [-0.2, 0) is 0 Å². The first-order valence-electron chi connectivity index (χ1n) is 6.67. The van der Waals surface area contributed by atoms with Crippen LogP contribution in [0.3, 0.4) is 0 Å². The lowest BCUT2D eigenvalue weighted by Crippen LogP contribution is -2.48. The molecule has 3 saturated heterocycles. The van der Waals surface area contributed by atoms with Crippen molar-refractivity contribution in [3.05, 3.63) is 33.9 Å². The van der Waals surface area contributed by atoms with Crippen LogP contribution in [0.5, 0.6) is 5.75 Å². The van der Waals surface area contributed by atoms with Gasteiger partial charge in [0.25, 0.3) is 0 Å². The van der Waals surface area contributed by atoms with Gasteiger partial charge in [0.05, 0.1) is 13.2 Å². The minimum atomic E-state index is -0.328. The first kappa shape index (κ1) is 13.0. The summed E-state index contributed by atoms with van der Waals surface area (Å²) in [5, 5.41) is 10.4. The van der Waals surface area contributed by atoms with Crippen molar-refractivity contribution in [1.29, 1.82) is 0 Å². The molecule has 0 saturated carbocycles. The first-order chi connectivity index (χ1) is 9.19. The van der Waals surface area contributed by atoms with Gasteiger partial charge in [-0.05, 0) is 43.0 Å². The molecule has 1 aromatic carbocycles. The van der Waals surface area contributed by atoms with Crippen LogP contribution in [0.15, 0.2) is 28.4 Å². The first-order valence-corrected chi connectivity index (χ1v) is 7.46. The summed E-state index contributed by atoms with van der Waals surface area (Å²) < 4.78 is 6.41. The van der Waals surface area contributed by atoms with Crippen molar-refractivity contribution in [2.75, 3.05) is 20.2 Å². The van der Waals surface area contributed by atoms with Crippen molar-refractivity contribution < 1.29 is 9.84 Å². The summed E-state index contributed by atoms with van der Waals surface area (Å²) in [6.07, 6.45) is 3.95. The Kier molecular flexibility index (Phi) is 3.54. The van der Waals surface area contributed by atoms with Crippen LogP contribution in [-0.4, -0.2) is 36.3 Å². The molecule has 0 aromatic heterocycles. The zero-order chi connectivity index (χ0) is 13.4. The summed E-state index contributed by atoms with van der Waals surface area (Å²) >= 11 is 3.49. The Bertz CT molecular complexity index is 503. The highest BCUT2D eigenvalue weighted by molar-refractivity contribution is 9.10. The normalized spacial score (nSPS) is 27.9. The molecular formula is C15H18BrNO2. The molecule has 3 heterocycles. The summed E-state index contributed by atoms with van der Waals surface area (Å²) in [5.74, 6) is 1.26. The minimum Gasteiger partial charge on any atom is -0.496 e. The molecule has 1 aromatic rings. The van der Waals surface area contributed by atoms with E-state index in [9.17, 15) is 5.11 Å². The molecule has 102 valence electrons. The molecule has 0 radical (unpaired) electrons. The van der Waals surface area contributed by atoms with Crippen molar-refractivity contribution in [3.63, 3.8) is 0 Å². The molecule has 19 heavy (non-hydrogen) atoms. The summed E-state index contributed by atoms with van der Waals surface area (Å²) in [5.41, 5.74) is 2.05. The smallest absolute Gasteiger partial charge is 0.126 e. The molecule has 3 aliphatic heterocycles. The van der Waals surface area contributed by atoms with Crippen LogP contribution < -0.4 is 4.74 Å². The van der Waals surface area contributed by atoms with E-state index in [0.717, 1.165) is 47.4 Å². The van der Waals surface area contributed by atoms with E-state index < -0.39 is 0 Å². The van der Waals surface area contributed by atoms with E-state index in [2.05, 4.69) is 26.9 Å². The van der Waals surface area contributed by atoms with Crippen LogP contribution in [0, 0.1) is 5.92 Å². The molecule has 2 bridgehead atoms. The summed E-state index contributed by atoms with van der Waals surface area (Å²) in [6.45, 7) is 2.12. The number of piperidine rings is 3. The molecule has 3 nitrogen and oxygen atoms in total. The summed E-state index contributed by atoms with van der Waals surface area (Å²) in [7, 11) is 1.68. The molecule has 0 spiro atoms. The lowest BCUT2D eigenvalue weighted by molar-refractivity contribution is 0.0215. The fourth-order valence-corrected chi connectivity index (χ4v) is 3.43. The van der Waals surface area contributed by atoms with Crippen molar-refractivity contribution in [1.82, 2.24) is 4.90 Å². The van der Waals surface area contributed by atoms with E-state index in [0.29, 0.717) is 5.92 Å². The summed E-state index contributed by atoms with van der Waals surface area (Å²) in [6, 6.07) is 5.94. The van der Waals surface area contributed by atoms with Crippen LogP contribution in [0.2, 0.25) is 0 Å². The van der Waals surface area contributed by atoms with Gasteiger partial charge in [-0.25, -0.2) is 0 Å². The Hall–Kier alpha value is -1.00. The quantitative estimate of drug-likeness (QED) is 0.908. The van der Waals surface area contributed by atoms with E-state index in [-0.39, 0.29) is 6.10 Å². The van der Waals surface area contributed by atoms with Crippen molar-refractivity contribution in [3.8, 4) is 5.75 Å². The van der Waals surface area contributed by atoms with Crippen LogP contribution >= 0.6 is 15.9 Å². The number of halogens is 1. The summed E-state index contributed by atoms with van der Waals surface area (Å²) in [4.78, 5) is 2.30. The van der Waals surface area contributed by atoms with Gasteiger partial charge in [-0.3, -0.25) is 0 Å². The number of aliphatic hydroxyl groups is 1. The number of aliphatic hydroxyl groups excluding tert-OH is 1. The molecule has 0 amide bonds. The number of benzene rings is 1. The molecule has 1 atom stereocenters. The fraction of sp³-hybridized carbons (Fsp3) is 0.467. The third kappa shape index (κ3) is 2.39. The van der Waals surface area contributed by atoms with Gasteiger partial charge in [-0.15, -0.1) is 0 Å². The Balaban J connectivity index is 1.99. The average Bonchev–Trinajstić information content (AvgIpc) is 2.43. The van der Waals surface area contributed by atoms with Gasteiger partial charge in [0.2, 0.25) is 0 Å². The van der Waals surface area contributed by atoms with E-state index in [4.69, 9.17) is 4.74 Å². The molecule has 3 fully saturated rings. The van der Waals surface area contributed by atoms with Gasteiger partial charge < -0.3 is 14.7 Å². The zero-order valence-electron chi connectivity index (χ0n) is 11.0. The molecular weight excluding hydrogens is 306 g/mol. The predicted molar refractivity (Wildman–Crippen MR) is 79.0 cm³/mol. The highest BCUT2D eigenvalue weighted by Crippen LogP contribution is 2.37. The Morgan fingerprint density at radius 2 is 2.11 bits per heavy atom. The minimum absolute atomic E-state index is 0.328. The topological polar surface area (TPSA) is 32.7 Å². The molecule has 3 aliphatic rings. The standard InChI is InChI=1S/C15H18BrNO2/c1-19-14-3-2-12(16)8-11(14)9-13-15(18)10-4-6-17(13)7-5-10/h2-3,8-10,15,18H,4-7H2,1H3/b13-9-. The van der Waals surface area contributed by atoms with E-state index in [1.807, 2.05) is 18.2 Å². The van der Waals surface area contributed by atoms with E-state index in [1.165, 1.54) is 0 Å². The van der Waals surface area contributed by atoms with Crippen molar-refractivity contribution >= 4 is 22.0 Å². The van der Waals surface area contributed by atoms with Gasteiger partial charge in [0.15, 0.2) is 0 Å². The number of fused-ring (bicyclic) bond motifs is 3. The van der Waals surface area contributed by atoms with E-state index >= 15 is 0 Å². The van der Waals surface area contributed by atoms with Gasteiger partial charge in [-0.2, -0.15) is 0 Å². The maximum absolute atomic E-state index is 10.4. The van der Waals surface area contributed by atoms with Crippen LogP contribution in [0.4, 0.5) is 0 Å². The van der Waals surface area contributed by atoms with Crippen LogP contribution in [0.25, 0.3) is 6.08 Å². The lowest BCUT2D eigenvalue weighted by atomic mass is 9.83. The average molecular weight is 324 g/mol. The second-order valence-corrected chi connectivity index (χ2v) is 6.14. The SMILES string of the molecule is COc1ccc(Br)cc1/C=C1/C(O)C2CCN1CC2. The zero-order valence-corrected chi connectivity index (χ0v) is 12.6. The molecule has 1 N–H and O–H groups in total. The van der Waals surface area contributed by atoms with Gasteiger partial charge in [0, 0.05) is 28.8 Å². The third-order valence-electron chi connectivity index (χ3n) is 4.15. The monoisotopic (exact) mass is 323 g/mol. The highest BCUT2D eigenvalue weighted by atomic mass is 79.9. The number of ether oxygens (including phenoxy) is 1. The van der Waals surface area contributed by atoms with Crippen molar-refractivity contribution in [2.45, 2.75) is 18.9 Å². The Morgan fingerprint density at radius 3 is 2.74 bits per heavy atom. The van der Waals surface area contributed by atoms with Gasteiger partial charge >= 0.3 is 0 Å². The number of nitrogens with zero attached hydrogens (tertiary/aromatic N) is 1. The Morgan fingerprint density at radius 1 is 1.37 bits per heavy atom. The molecule has 4 rings (SSSR count). The predicted octanol–water partition coefficient (Wildman–Crippen LogP) is 2.89. The number of hydrogen-bond acceptors (Lipinski definition) is 3. The highest BCUT2D eigenvalue weighted by Gasteiger charge is 2.36. The van der Waals surface area contributed by atoms with Gasteiger partial charge in [0.1, 0.15) is 5.75 Å². The maximum atomic E-state index is 10.4. The fourth-order valence-electron chi connectivity index (χ4n) is 3.06. The molecule has 4 heteroatoms. The van der Waals surface area contributed by atoms with E-state index in [1.54, 1.807) is 7.11 Å². The number of hydrogen-bond donors (Lipinski definition) is 1.